The maximum Gasteiger partial charge on any atom is 0.123 e. The summed E-state index contributed by atoms with van der Waals surface area (Å²) >= 11 is 0. The van der Waals surface area contributed by atoms with Gasteiger partial charge in [-0.2, -0.15) is 0 Å². The zero-order valence-electron chi connectivity index (χ0n) is 11.6. The monoisotopic (exact) mass is 287 g/mol. The molecular formula is C17H18FNO2. The van der Waals surface area contributed by atoms with E-state index in [1.165, 1.54) is 12.1 Å². The fourth-order valence-corrected chi connectivity index (χ4v) is 1.78. The van der Waals surface area contributed by atoms with Crippen LogP contribution in [0.15, 0.2) is 54.6 Å². The molecule has 4 heteroatoms. The molecule has 0 saturated carbocycles. The van der Waals surface area contributed by atoms with Gasteiger partial charge in [-0.3, -0.25) is 0 Å². The molecule has 0 aliphatic heterocycles. The Balaban J connectivity index is 1.78. The van der Waals surface area contributed by atoms with Crippen molar-refractivity contribution >= 4 is 11.8 Å². The maximum atomic E-state index is 12.7. The fourth-order valence-electron chi connectivity index (χ4n) is 1.78. The number of hydrogen-bond donors (Lipinski definition) is 2. The van der Waals surface area contributed by atoms with Gasteiger partial charge in [0.2, 0.25) is 0 Å². The van der Waals surface area contributed by atoms with Gasteiger partial charge in [-0.1, -0.05) is 24.3 Å². The van der Waals surface area contributed by atoms with Crippen molar-refractivity contribution in [3.63, 3.8) is 0 Å². The first kappa shape index (κ1) is 15.1. The van der Waals surface area contributed by atoms with Gasteiger partial charge in [0.15, 0.2) is 0 Å². The minimum absolute atomic E-state index is 0.00812. The molecule has 0 radical (unpaired) electrons. The molecule has 0 unspecified atom stereocenters. The third-order valence-corrected chi connectivity index (χ3v) is 2.82. The summed E-state index contributed by atoms with van der Waals surface area (Å²) in [5.74, 6) is 0.505. The van der Waals surface area contributed by atoms with Gasteiger partial charge >= 0.3 is 0 Å². The van der Waals surface area contributed by atoms with Gasteiger partial charge in [0, 0.05) is 12.2 Å². The van der Waals surface area contributed by atoms with Gasteiger partial charge in [0.1, 0.15) is 18.2 Å². The Morgan fingerprint density at radius 1 is 1.05 bits per heavy atom. The molecule has 0 fully saturated rings. The van der Waals surface area contributed by atoms with Gasteiger partial charge in [-0.15, -0.1) is 0 Å². The molecule has 21 heavy (non-hydrogen) atoms. The lowest BCUT2D eigenvalue weighted by molar-refractivity contribution is 0.201. The summed E-state index contributed by atoms with van der Waals surface area (Å²) in [6, 6.07) is 13.9. The van der Waals surface area contributed by atoms with Gasteiger partial charge in [0.25, 0.3) is 0 Å². The molecule has 0 saturated heterocycles. The van der Waals surface area contributed by atoms with Crippen molar-refractivity contribution in [2.24, 2.45) is 0 Å². The third kappa shape index (κ3) is 5.28. The van der Waals surface area contributed by atoms with Gasteiger partial charge in [-0.25, -0.2) is 4.39 Å². The lowest BCUT2D eigenvalue weighted by atomic mass is 10.2. The summed E-state index contributed by atoms with van der Waals surface area (Å²) in [5.41, 5.74) is 1.95. The smallest absolute Gasteiger partial charge is 0.123 e. The largest absolute Gasteiger partial charge is 0.491 e. The lowest BCUT2D eigenvalue weighted by Crippen LogP contribution is -2.02. The van der Waals surface area contributed by atoms with Crippen molar-refractivity contribution in [3.05, 3.63) is 66.0 Å². The number of aliphatic hydroxyl groups excluding tert-OH is 1. The van der Waals surface area contributed by atoms with Crippen LogP contribution >= 0.6 is 0 Å². The third-order valence-electron chi connectivity index (χ3n) is 2.82. The van der Waals surface area contributed by atoms with Crippen LogP contribution in [0.4, 0.5) is 10.1 Å². The van der Waals surface area contributed by atoms with E-state index >= 15 is 0 Å². The zero-order valence-corrected chi connectivity index (χ0v) is 11.6. The number of aliphatic hydroxyl groups is 1. The Hall–Kier alpha value is -2.33. The SMILES string of the molecule is OCCOc1ccc(NC/C=C/c2ccc(F)cc2)cc1. The Kier molecular flexibility index (Phi) is 5.79. The highest BCUT2D eigenvalue weighted by Crippen LogP contribution is 2.15. The van der Waals surface area contributed by atoms with Crippen LogP contribution in [-0.2, 0) is 0 Å². The molecule has 0 aromatic heterocycles. The summed E-state index contributed by atoms with van der Waals surface area (Å²) in [4.78, 5) is 0. The van der Waals surface area contributed by atoms with E-state index in [1.54, 1.807) is 12.1 Å². The van der Waals surface area contributed by atoms with Crippen LogP contribution in [0.25, 0.3) is 6.08 Å². The van der Waals surface area contributed by atoms with Gasteiger partial charge < -0.3 is 15.2 Å². The van der Waals surface area contributed by atoms with Crippen LogP contribution < -0.4 is 10.1 Å². The van der Waals surface area contributed by atoms with E-state index in [-0.39, 0.29) is 12.4 Å². The number of benzene rings is 2. The molecular weight excluding hydrogens is 269 g/mol. The second-order valence-electron chi connectivity index (χ2n) is 4.43. The van der Waals surface area contributed by atoms with E-state index in [0.29, 0.717) is 13.2 Å². The van der Waals surface area contributed by atoms with Crippen LogP contribution in [0.2, 0.25) is 0 Å². The Morgan fingerprint density at radius 3 is 2.43 bits per heavy atom. The molecule has 0 atom stereocenters. The number of ether oxygens (including phenoxy) is 1. The summed E-state index contributed by atoms with van der Waals surface area (Å²) in [7, 11) is 0. The summed E-state index contributed by atoms with van der Waals surface area (Å²) in [5, 5.41) is 11.9. The number of nitrogens with one attached hydrogen (secondary N) is 1. The van der Waals surface area contributed by atoms with Crippen molar-refractivity contribution < 1.29 is 14.2 Å². The van der Waals surface area contributed by atoms with Crippen LogP contribution in [0, 0.1) is 5.82 Å². The van der Waals surface area contributed by atoms with Crippen LogP contribution in [0.5, 0.6) is 5.75 Å². The van der Waals surface area contributed by atoms with E-state index in [0.717, 1.165) is 17.0 Å². The Labute approximate surface area is 123 Å². The average Bonchev–Trinajstić information content (AvgIpc) is 2.52. The normalized spacial score (nSPS) is 10.8. The molecule has 0 bridgehead atoms. The first-order chi connectivity index (χ1) is 10.3. The van der Waals surface area contributed by atoms with Crippen molar-refractivity contribution in [2.75, 3.05) is 25.1 Å². The minimum atomic E-state index is -0.228. The zero-order chi connectivity index (χ0) is 14.9. The number of rotatable bonds is 7. The van der Waals surface area contributed by atoms with Crippen LogP contribution in [0.1, 0.15) is 5.56 Å². The molecule has 0 spiro atoms. The van der Waals surface area contributed by atoms with Crippen molar-refractivity contribution in [3.8, 4) is 5.75 Å². The molecule has 2 N–H and O–H groups in total. The first-order valence-corrected chi connectivity index (χ1v) is 6.77. The summed E-state index contributed by atoms with van der Waals surface area (Å²) in [6.45, 7) is 0.982. The van der Waals surface area contributed by atoms with Gasteiger partial charge in [-0.05, 0) is 42.0 Å². The molecule has 0 amide bonds. The van der Waals surface area contributed by atoms with E-state index < -0.39 is 0 Å². The van der Waals surface area contributed by atoms with E-state index in [2.05, 4.69) is 5.32 Å². The molecule has 0 heterocycles. The quantitative estimate of drug-likeness (QED) is 0.821. The predicted octanol–water partition coefficient (Wildman–Crippen LogP) is 3.32. The van der Waals surface area contributed by atoms with Crippen LogP contribution in [-0.4, -0.2) is 24.9 Å². The second kappa shape index (κ2) is 8.07. The van der Waals surface area contributed by atoms with Crippen molar-refractivity contribution in [1.82, 2.24) is 0 Å². The molecule has 2 rings (SSSR count). The number of anilines is 1. The fraction of sp³-hybridized carbons (Fsp3) is 0.176. The molecule has 3 nitrogen and oxygen atoms in total. The first-order valence-electron chi connectivity index (χ1n) is 6.77. The summed E-state index contributed by atoms with van der Waals surface area (Å²) < 4.78 is 18.0. The molecule has 110 valence electrons. The minimum Gasteiger partial charge on any atom is -0.491 e. The average molecular weight is 287 g/mol. The molecule has 2 aromatic rings. The highest BCUT2D eigenvalue weighted by Gasteiger charge is 1.94. The molecule has 2 aromatic carbocycles. The van der Waals surface area contributed by atoms with Crippen LogP contribution in [0.3, 0.4) is 0 Å². The topological polar surface area (TPSA) is 41.5 Å². The molecule has 0 aliphatic carbocycles. The van der Waals surface area contributed by atoms with E-state index in [4.69, 9.17) is 9.84 Å². The Morgan fingerprint density at radius 2 is 1.76 bits per heavy atom. The van der Waals surface area contributed by atoms with E-state index in [9.17, 15) is 4.39 Å². The standard InChI is InChI=1S/C17H18FNO2/c18-15-5-3-14(4-6-15)2-1-11-19-16-7-9-17(10-8-16)21-13-12-20/h1-10,19-20H,11-13H2/b2-1+. The number of hydrogen-bond acceptors (Lipinski definition) is 3. The van der Waals surface area contributed by atoms with E-state index in [1.807, 2.05) is 36.4 Å². The molecule has 0 aliphatic rings. The summed E-state index contributed by atoms with van der Waals surface area (Å²) in [6.07, 6.45) is 3.91. The Bertz CT molecular complexity index is 564. The highest BCUT2D eigenvalue weighted by molar-refractivity contribution is 5.51. The van der Waals surface area contributed by atoms with Crippen molar-refractivity contribution in [2.45, 2.75) is 0 Å². The van der Waals surface area contributed by atoms with Crippen molar-refractivity contribution in [1.29, 1.82) is 0 Å². The highest BCUT2D eigenvalue weighted by atomic mass is 19.1. The number of halogens is 1. The maximum absolute atomic E-state index is 12.7. The van der Waals surface area contributed by atoms with Gasteiger partial charge in [0.05, 0.1) is 6.61 Å². The second-order valence-corrected chi connectivity index (χ2v) is 4.43. The lowest BCUT2D eigenvalue weighted by Gasteiger charge is -2.06. The predicted molar refractivity (Wildman–Crippen MR) is 82.9 cm³/mol.